The Bertz CT molecular complexity index is 1310. The average Bonchev–Trinajstić information content (AvgIpc) is 2.88. The minimum absolute atomic E-state index is 0.0133. The summed E-state index contributed by atoms with van der Waals surface area (Å²) in [5, 5.41) is 10.1. The molecule has 10 heteroatoms. The van der Waals surface area contributed by atoms with Crippen LogP contribution in [0, 0.1) is 18.3 Å². The second kappa shape index (κ2) is 10.4. The first-order valence-corrected chi connectivity index (χ1v) is 11.1. The second-order valence-electron chi connectivity index (χ2n) is 7.39. The summed E-state index contributed by atoms with van der Waals surface area (Å²) in [4.78, 5) is 40.3. The number of halogens is 1. The van der Waals surface area contributed by atoms with Crippen LogP contribution < -0.4 is 10.6 Å². The van der Waals surface area contributed by atoms with Gasteiger partial charge in [0.05, 0.1) is 55.7 Å². The van der Waals surface area contributed by atoms with E-state index >= 15 is 0 Å². The van der Waals surface area contributed by atoms with Crippen molar-refractivity contribution in [3.63, 3.8) is 0 Å². The number of nitrogens with two attached hydrogens (primary N) is 1. The Morgan fingerprint density at radius 2 is 1.57 bits per heavy atom. The molecule has 1 aliphatic rings. The zero-order valence-electron chi connectivity index (χ0n) is 19.4. The third-order valence-electron chi connectivity index (χ3n) is 5.62. The van der Waals surface area contributed by atoms with Crippen LogP contribution in [0.25, 0.3) is 0 Å². The van der Waals surface area contributed by atoms with Crippen LogP contribution >= 0.6 is 15.9 Å². The topological polar surface area (TPSA) is 132 Å². The normalized spacial score (nSPS) is 15.4. The summed E-state index contributed by atoms with van der Waals surface area (Å²) in [6.45, 7) is 1.67. The fourth-order valence-electron chi connectivity index (χ4n) is 3.98. The van der Waals surface area contributed by atoms with E-state index in [2.05, 4.69) is 22.0 Å². The zero-order valence-corrected chi connectivity index (χ0v) is 21.0. The Kier molecular flexibility index (Phi) is 7.62. The van der Waals surface area contributed by atoms with E-state index in [1.165, 1.54) is 18.1 Å². The summed E-state index contributed by atoms with van der Waals surface area (Å²) in [7, 11) is 3.52. The molecule has 1 aliphatic heterocycles. The van der Waals surface area contributed by atoms with Gasteiger partial charge in [0.25, 0.3) is 0 Å². The van der Waals surface area contributed by atoms with Crippen LogP contribution in [0.3, 0.4) is 0 Å². The number of ether oxygens (including phenoxy) is 3. The molecule has 1 atom stereocenters. The molecule has 0 aliphatic carbocycles. The van der Waals surface area contributed by atoms with Gasteiger partial charge in [0.2, 0.25) is 0 Å². The van der Waals surface area contributed by atoms with E-state index in [9.17, 15) is 19.6 Å². The van der Waals surface area contributed by atoms with E-state index in [4.69, 9.17) is 19.9 Å². The van der Waals surface area contributed by atoms with Crippen molar-refractivity contribution in [1.82, 2.24) is 0 Å². The lowest BCUT2D eigenvalue weighted by molar-refractivity contribution is -0.139. The van der Waals surface area contributed by atoms with Gasteiger partial charge >= 0.3 is 17.9 Å². The quantitative estimate of drug-likeness (QED) is 0.448. The lowest BCUT2D eigenvalue weighted by atomic mass is 9.80. The molecule has 2 N–H and O–H groups in total. The molecule has 9 nitrogen and oxygen atoms in total. The predicted molar refractivity (Wildman–Crippen MR) is 130 cm³/mol. The van der Waals surface area contributed by atoms with Gasteiger partial charge in [-0.25, -0.2) is 14.4 Å². The number of hydrogen-bond donors (Lipinski definition) is 1. The summed E-state index contributed by atoms with van der Waals surface area (Å²) in [6.07, 6.45) is 0. The van der Waals surface area contributed by atoms with Gasteiger partial charge in [-0.05, 0) is 30.2 Å². The van der Waals surface area contributed by atoms with E-state index in [-0.39, 0.29) is 33.9 Å². The van der Waals surface area contributed by atoms with Gasteiger partial charge in [-0.3, -0.25) is 4.90 Å². The van der Waals surface area contributed by atoms with Gasteiger partial charge < -0.3 is 19.9 Å². The Balaban J connectivity index is 2.51. The molecule has 0 aromatic heterocycles. The fraction of sp³-hybridized carbons (Fsp3) is 0.200. The number of hydrogen-bond acceptors (Lipinski definition) is 9. The van der Waals surface area contributed by atoms with Crippen LogP contribution in [-0.4, -0.2) is 39.2 Å². The van der Waals surface area contributed by atoms with Crippen molar-refractivity contribution in [2.45, 2.75) is 12.8 Å². The molecule has 0 bridgehead atoms. The van der Waals surface area contributed by atoms with Gasteiger partial charge in [-0.2, -0.15) is 5.26 Å². The number of benzene rings is 2. The molecular formula is C25H22BrN3O6. The number of esters is 3. The molecule has 0 amide bonds. The van der Waals surface area contributed by atoms with Gasteiger partial charge in [-0.15, -0.1) is 0 Å². The molecular weight excluding hydrogens is 518 g/mol. The van der Waals surface area contributed by atoms with Gasteiger partial charge in [-0.1, -0.05) is 46.3 Å². The number of rotatable bonds is 5. The number of methoxy groups -OCH3 is 3. The fourth-order valence-corrected chi connectivity index (χ4v) is 4.31. The summed E-state index contributed by atoms with van der Waals surface area (Å²) in [5.74, 6) is -3.65. The van der Waals surface area contributed by atoms with Crippen LogP contribution in [0.4, 0.5) is 5.69 Å². The van der Waals surface area contributed by atoms with Crippen LogP contribution in [0.15, 0.2) is 69.6 Å². The summed E-state index contributed by atoms with van der Waals surface area (Å²) >= 11 is 3.39. The number of nitrogens with zero attached hydrogens (tertiary/aromatic N) is 2. The van der Waals surface area contributed by atoms with Gasteiger partial charge in [0.1, 0.15) is 11.5 Å². The van der Waals surface area contributed by atoms with Crippen molar-refractivity contribution < 1.29 is 28.6 Å². The van der Waals surface area contributed by atoms with E-state index in [1.54, 1.807) is 43.3 Å². The van der Waals surface area contributed by atoms with E-state index in [1.807, 2.05) is 0 Å². The molecule has 0 spiro atoms. The zero-order chi connectivity index (χ0) is 25.9. The Morgan fingerprint density at radius 3 is 2.11 bits per heavy atom. The molecule has 1 unspecified atom stereocenters. The van der Waals surface area contributed by atoms with E-state index in [0.29, 0.717) is 15.6 Å². The maximum Gasteiger partial charge on any atom is 0.355 e. The van der Waals surface area contributed by atoms with Crippen molar-refractivity contribution >= 4 is 39.5 Å². The first-order valence-electron chi connectivity index (χ1n) is 10.3. The summed E-state index contributed by atoms with van der Waals surface area (Å²) in [5.41, 5.74) is 7.28. The number of carbonyl (C=O) groups excluding carboxylic acids is 3. The molecule has 1 heterocycles. The SMILES string of the molecule is COC(=O)C1=C(C(=O)OC)N(c2ccc(Br)c(C)c2C(=O)OC)C(N)=C(C#N)C1c1ccccc1. The molecule has 0 saturated carbocycles. The van der Waals surface area contributed by atoms with Gasteiger partial charge in [0.15, 0.2) is 0 Å². The number of carbonyl (C=O) groups is 3. The van der Waals surface area contributed by atoms with Crippen molar-refractivity contribution in [3.05, 3.63) is 86.3 Å². The highest BCUT2D eigenvalue weighted by Crippen LogP contribution is 2.44. The molecule has 2 aromatic carbocycles. The van der Waals surface area contributed by atoms with Crippen LogP contribution in [0.5, 0.6) is 0 Å². The molecule has 0 fully saturated rings. The maximum absolute atomic E-state index is 13.2. The maximum atomic E-state index is 13.2. The summed E-state index contributed by atoms with van der Waals surface area (Å²) in [6, 6.07) is 13.9. The molecule has 2 aromatic rings. The third-order valence-corrected chi connectivity index (χ3v) is 6.48. The monoisotopic (exact) mass is 539 g/mol. The van der Waals surface area contributed by atoms with Crippen LogP contribution in [0.2, 0.25) is 0 Å². The number of allylic oxidation sites excluding steroid dienone is 1. The van der Waals surface area contributed by atoms with Crippen LogP contribution in [-0.2, 0) is 23.8 Å². The molecule has 35 heavy (non-hydrogen) atoms. The van der Waals surface area contributed by atoms with Crippen molar-refractivity contribution in [1.29, 1.82) is 5.26 Å². The Hall–Kier alpha value is -4.10. The highest BCUT2D eigenvalue weighted by molar-refractivity contribution is 9.10. The average molecular weight is 540 g/mol. The van der Waals surface area contributed by atoms with E-state index in [0.717, 1.165) is 14.2 Å². The van der Waals surface area contributed by atoms with Crippen LogP contribution in [0.1, 0.15) is 27.4 Å². The first kappa shape index (κ1) is 25.5. The predicted octanol–water partition coefficient (Wildman–Crippen LogP) is 3.44. The molecule has 0 saturated heterocycles. The largest absolute Gasteiger partial charge is 0.466 e. The standard InChI is InChI=1S/C25H22BrN3O6/c1-13-16(26)10-11-17(18(13)23(30)33-2)29-21(25(32)35-4)20(24(31)34-3)19(15(12-27)22(29)28)14-8-6-5-7-9-14/h5-11,19H,28H2,1-4H3. The minimum Gasteiger partial charge on any atom is -0.466 e. The van der Waals surface area contributed by atoms with Crippen molar-refractivity contribution in [2.24, 2.45) is 5.73 Å². The van der Waals surface area contributed by atoms with Gasteiger partial charge in [0, 0.05) is 4.47 Å². The number of anilines is 1. The lowest BCUT2D eigenvalue weighted by Crippen LogP contribution is -2.41. The smallest absolute Gasteiger partial charge is 0.355 e. The van der Waals surface area contributed by atoms with Crippen molar-refractivity contribution in [2.75, 3.05) is 26.2 Å². The molecule has 0 radical (unpaired) electrons. The van der Waals surface area contributed by atoms with E-state index < -0.39 is 23.8 Å². The van der Waals surface area contributed by atoms with Crippen molar-refractivity contribution in [3.8, 4) is 6.07 Å². The lowest BCUT2D eigenvalue weighted by Gasteiger charge is -2.36. The Labute approximate surface area is 210 Å². The minimum atomic E-state index is -1.02. The Morgan fingerprint density at radius 1 is 0.971 bits per heavy atom. The second-order valence-corrected chi connectivity index (χ2v) is 8.25. The molecule has 180 valence electrons. The molecule has 3 rings (SSSR count). The third kappa shape index (κ3) is 4.38. The summed E-state index contributed by atoms with van der Waals surface area (Å²) < 4.78 is 15.6. The highest BCUT2D eigenvalue weighted by Gasteiger charge is 2.44. The number of nitriles is 1. The first-order chi connectivity index (χ1) is 16.7. The highest BCUT2D eigenvalue weighted by atomic mass is 79.9.